The number of carbonyl (C=O) groups is 5. The van der Waals surface area contributed by atoms with Gasteiger partial charge in [0.05, 0.1) is 11.1 Å². The Morgan fingerprint density at radius 2 is 1.94 bits per heavy atom. The van der Waals surface area contributed by atoms with Crippen LogP contribution in [-0.4, -0.2) is 40.5 Å². The summed E-state index contributed by atoms with van der Waals surface area (Å²) in [6.07, 6.45) is 0.464. The highest BCUT2D eigenvalue weighted by Crippen LogP contribution is 2.30. The van der Waals surface area contributed by atoms with Gasteiger partial charge in [0.2, 0.25) is 17.7 Å². The maximum Gasteiger partial charge on any atom is 0.262 e. The predicted octanol–water partition coefficient (Wildman–Crippen LogP) is 2.62. The van der Waals surface area contributed by atoms with Crippen molar-refractivity contribution in [2.24, 2.45) is 0 Å². The third kappa shape index (κ3) is 4.01. The van der Waals surface area contributed by atoms with E-state index in [0.29, 0.717) is 16.3 Å². The van der Waals surface area contributed by atoms with Crippen LogP contribution < -0.4 is 10.6 Å². The number of imide groups is 2. The third-order valence-electron chi connectivity index (χ3n) is 5.63. The molecule has 0 aromatic heterocycles. The summed E-state index contributed by atoms with van der Waals surface area (Å²) >= 11 is 6.09. The van der Waals surface area contributed by atoms with E-state index in [1.807, 2.05) is 6.92 Å². The number of piperidine rings is 1. The number of rotatable bonds is 5. The van der Waals surface area contributed by atoms with Crippen molar-refractivity contribution < 1.29 is 24.0 Å². The van der Waals surface area contributed by atoms with Crippen molar-refractivity contribution in [2.75, 3.05) is 5.32 Å². The molecule has 0 aliphatic carbocycles. The van der Waals surface area contributed by atoms with Gasteiger partial charge in [-0.15, -0.1) is 0 Å². The van der Waals surface area contributed by atoms with Crippen LogP contribution in [0.2, 0.25) is 5.02 Å². The normalized spacial score (nSPS) is 17.9. The average molecular weight is 454 g/mol. The molecular formula is C23H20ClN3O5. The zero-order valence-corrected chi connectivity index (χ0v) is 18.0. The van der Waals surface area contributed by atoms with E-state index < -0.39 is 29.7 Å². The molecule has 4 rings (SSSR count). The van der Waals surface area contributed by atoms with E-state index in [-0.39, 0.29) is 42.7 Å². The molecule has 0 saturated carbocycles. The van der Waals surface area contributed by atoms with Crippen molar-refractivity contribution in [3.8, 4) is 0 Å². The van der Waals surface area contributed by atoms with Gasteiger partial charge in [-0.3, -0.25) is 34.2 Å². The Kier molecular flexibility index (Phi) is 5.80. The minimum atomic E-state index is -1.03. The average Bonchev–Trinajstić information content (AvgIpc) is 3.00. The van der Waals surface area contributed by atoms with Gasteiger partial charge in [0.1, 0.15) is 6.04 Å². The van der Waals surface area contributed by atoms with E-state index in [0.717, 1.165) is 10.5 Å². The Bertz CT molecular complexity index is 1180. The Morgan fingerprint density at radius 3 is 2.66 bits per heavy atom. The number of hydrogen-bond acceptors (Lipinski definition) is 5. The molecule has 2 aliphatic heterocycles. The molecule has 1 saturated heterocycles. The molecular weight excluding hydrogens is 434 g/mol. The van der Waals surface area contributed by atoms with Gasteiger partial charge in [0.15, 0.2) is 0 Å². The summed E-state index contributed by atoms with van der Waals surface area (Å²) in [5.74, 6) is -2.50. The highest BCUT2D eigenvalue weighted by Gasteiger charge is 2.45. The number of nitrogens with one attached hydrogen (secondary N) is 2. The molecule has 0 bridgehead atoms. The molecule has 1 atom stereocenters. The van der Waals surface area contributed by atoms with Crippen molar-refractivity contribution in [1.82, 2.24) is 10.2 Å². The topological polar surface area (TPSA) is 113 Å². The molecule has 2 aromatic carbocycles. The fraction of sp³-hybridized carbons (Fsp3) is 0.261. The van der Waals surface area contributed by atoms with E-state index in [2.05, 4.69) is 10.6 Å². The number of halogens is 1. The van der Waals surface area contributed by atoms with Crippen LogP contribution in [0.15, 0.2) is 36.4 Å². The highest BCUT2D eigenvalue weighted by atomic mass is 35.5. The van der Waals surface area contributed by atoms with Crippen LogP contribution in [0, 0.1) is 6.92 Å². The lowest BCUT2D eigenvalue weighted by Gasteiger charge is -2.27. The van der Waals surface area contributed by atoms with Crippen molar-refractivity contribution in [3.05, 3.63) is 63.7 Å². The number of nitrogens with zero attached hydrogens (tertiary/aromatic N) is 1. The van der Waals surface area contributed by atoms with E-state index >= 15 is 0 Å². The lowest BCUT2D eigenvalue weighted by molar-refractivity contribution is -0.136. The molecule has 2 aliphatic rings. The fourth-order valence-corrected chi connectivity index (χ4v) is 4.12. The molecule has 32 heavy (non-hydrogen) atoms. The summed E-state index contributed by atoms with van der Waals surface area (Å²) in [6.45, 7) is 1.86. The lowest BCUT2D eigenvalue weighted by Crippen LogP contribution is -2.54. The van der Waals surface area contributed by atoms with Gasteiger partial charge in [-0.05, 0) is 49.1 Å². The molecule has 1 unspecified atom stereocenters. The summed E-state index contributed by atoms with van der Waals surface area (Å²) in [5.41, 5.74) is 2.41. The molecule has 2 heterocycles. The van der Waals surface area contributed by atoms with Gasteiger partial charge in [-0.25, -0.2) is 0 Å². The number of anilines is 1. The van der Waals surface area contributed by atoms with Gasteiger partial charge in [0, 0.05) is 23.6 Å². The minimum absolute atomic E-state index is 0.0554. The van der Waals surface area contributed by atoms with Crippen LogP contribution in [0.5, 0.6) is 0 Å². The summed E-state index contributed by atoms with van der Waals surface area (Å²) in [6, 6.07) is 9.05. The van der Waals surface area contributed by atoms with Crippen LogP contribution >= 0.6 is 11.6 Å². The monoisotopic (exact) mass is 453 g/mol. The van der Waals surface area contributed by atoms with E-state index in [4.69, 9.17) is 11.6 Å². The molecule has 0 radical (unpaired) electrons. The summed E-state index contributed by atoms with van der Waals surface area (Å²) in [5, 5.41) is 5.48. The highest BCUT2D eigenvalue weighted by molar-refractivity contribution is 6.31. The second kappa shape index (κ2) is 8.55. The van der Waals surface area contributed by atoms with Crippen molar-refractivity contribution in [1.29, 1.82) is 0 Å². The fourth-order valence-electron chi connectivity index (χ4n) is 3.94. The van der Waals surface area contributed by atoms with Crippen LogP contribution in [-0.2, 0) is 20.8 Å². The molecule has 2 aromatic rings. The SMILES string of the molecule is Cc1ccc(NC(=O)CCc2cccc3c2C(=O)N(C2CCC(=O)NC2=O)C3=O)cc1Cl. The van der Waals surface area contributed by atoms with E-state index in [1.54, 1.807) is 30.3 Å². The largest absolute Gasteiger partial charge is 0.326 e. The van der Waals surface area contributed by atoms with Crippen LogP contribution in [0.1, 0.15) is 51.1 Å². The van der Waals surface area contributed by atoms with Gasteiger partial charge in [-0.1, -0.05) is 29.8 Å². The summed E-state index contributed by atoms with van der Waals surface area (Å²) < 4.78 is 0. The summed E-state index contributed by atoms with van der Waals surface area (Å²) in [7, 11) is 0. The van der Waals surface area contributed by atoms with Gasteiger partial charge in [0.25, 0.3) is 11.8 Å². The standard InChI is InChI=1S/C23H20ClN3O5/c1-12-5-7-14(11-16(12)24)25-18(28)9-6-13-3-2-4-15-20(13)23(32)27(22(15)31)17-8-10-19(29)26-21(17)30/h2-5,7,11,17H,6,8-10H2,1H3,(H,25,28)(H,26,29,30). The number of fused-ring (bicyclic) bond motifs is 1. The van der Waals surface area contributed by atoms with Crippen molar-refractivity contribution >= 4 is 46.8 Å². The second-order valence-electron chi connectivity index (χ2n) is 7.80. The smallest absolute Gasteiger partial charge is 0.262 e. The zero-order valence-electron chi connectivity index (χ0n) is 17.2. The first-order chi connectivity index (χ1) is 15.3. The molecule has 2 N–H and O–H groups in total. The number of aryl methyl sites for hydroxylation is 2. The second-order valence-corrected chi connectivity index (χ2v) is 8.21. The third-order valence-corrected chi connectivity index (χ3v) is 6.04. The Balaban J connectivity index is 1.49. The Hall–Kier alpha value is -3.52. The molecule has 9 heteroatoms. The summed E-state index contributed by atoms with van der Waals surface area (Å²) in [4.78, 5) is 62.9. The van der Waals surface area contributed by atoms with Crippen molar-refractivity contribution in [3.63, 3.8) is 0 Å². The molecule has 1 fully saturated rings. The lowest BCUT2D eigenvalue weighted by atomic mass is 9.99. The molecule has 0 spiro atoms. The Morgan fingerprint density at radius 1 is 1.16 bits per heavy atom. The maximum atomic E-state index is 13.1. The van der Waals surface area contributed by atoms with Crippen LogP contribution in [0.25, 0.3) is 0 Å². The van der Waals surface area contributed by atoms with Crippen LogP contribution in [0.4, 0.5) is 5.69 Å². The number of carbonyl (C=O) groups excluding carboxylic acids is 5. The van der Waals surface area contributed by atoms with Crippen molar-refractivity contribution in [2.45, 2.75) is 38.6 Å². The molecule has 5 amide bonds. The zero-order chi connectivity index (χ0) is 23.0. The molecule has 8 nitrogen and oxygen atoms in total. The predicted molar refractivity (Wildman–Crippen MR) is 116 cm³/mol. The number of amides is 5. The van der Waals surface area contributed by atoms with E-state index in [9.17, 15) is 24.0 Å². The van der Waals surface area contributed by atoms with Gasteiger partial charge < -0.3 is 5.32 Å². The van der Waals surface area contributed by atoms with Crippen LogP contribution in [0.3, 0.4) is 0 Å². The minimum Gasteiger partial charge on any atom is -0.326 e. The quantitative estimate of drug-likeness (QED) is 0.676. The Labute approximate surface area is 188 Å². The first kappa shape index (κ1) is 21.7. The van der Waals surface area contributed by atoms with Gasteiger partial charge in [-0.2, -0.15) is 0 Å². The first-order valence-electron chi connectivity index (χ1n) is 10.2. The maximum absolute atomic E-state index is 13.1. The first-order valence-corrected chi connectivity index (χ1v) is 10.5. The van der Waals surface area contributed by atoms with E-state index in [1.165, 1.54) is 6.07 Å². The number of hydrogen-bond donors (Lipinski definition) is 2. The molecule has 164 valence electrons. The van der Waals surface area contributed by atoms with Gasteiger partial charge >= 0.3 is 0 Å². The number of benzene rings is 2.